The molecule has 0 aliphatic heterocycles. The molecule has 0 N–H and O–H groups in total. The van der Waals surface area contributed by atoms with E-state index in [0.717, 1.165) is 12.1 Å². The van der Waals surface area contributed by atoms with Gasteiger partial charge in [-0.25, -0.2) is 8.42 Å². The van der Waals surface area contributed by atoms with E-state index in [9.17, 15) is 18.1 Å². The maximum Gasteiger partial charge on any atom is 0.378 e. The summed E-state index contributed by atoms with van der Waals surface area (Å²) in [5.74, 6) is -0.528. The summed E-state index contributed by atoms with van der Waals surface area (Å²) in [6, 6.07) is 6.02. The van der Waals surface area contributed by atoms with Gasteiger partial charge in [0.05, 0.1) is 4.90 Å². The molecule has 2 aromatic carbocycles. The molecule has 0 bridgehead atoms. The first-order valence-corrected chi connectivity index (χ1v) is 5.89. The molecule has 2 aromatic rings. The van der Waals surface area contributed by atoms with Crippen LogP contribution in [0.1, 0.15) is 0 Å². The normalized spacial score (nSPS) is 11.3. The van der Waals surface area contributed by atoms with Crippen LogP contribution in [0.15, 0.2) is 35.2 Å². The Bertz CT molecular complexity index is 747. The molecule has 0 heterocycles. The number of rotatable bonds is 1. The average molecular weight is 249 g/mol. The smallest absolute Gasteiger partial charge is 0.378 e. The van der Waals surface area contributed by atoms with Gasteiger partial charge in [0.2, 0.25) is 5.39 Å². The molecule has 0 atom stereocenters. The van der Waals surface area contributed by atoms with Crippen LogP contribution in [0, 0.1) is 5.39 Å². The molecule has 0 aliphatic carbocycles. The molecule has 0 aliphatic rings. The van der Waals surface area contributed by atoms with Crippen LogP contribution in [0.25, 0.3) is 15.7 Å². The zero-order chi connectivity index (χ0) is 12.6. The van der Waals surface area contributed by atoms with Gasteiger partial charge < -0.3 is 9.66 Å². The minimum Gasteiger partial charge on any atom is -0.867 e. The zero-order valence-electron chi connectivity index (χ0n) is 8.32. The van der Waals surface area contributed by atoms with E-state index < -0.39 is 20.8 Å². The van der Waals surface area contributed by atoms with Gasteiger partial charge in [0.25, 0.3) is 0 Å². The van der Waals surface area contributed by atoms with Gasteiger partial charge in [-0.2, -0.15) is 0 Å². The minimum absolute atomic E-state index is 0.143. The Hall–Kier alpha value is -2.17. The van der Waals surface area contributed by atoms with Crippen molar-refractivity contribution in [1.29, 1.82) is 5.39 Å². The molecule has 0 saturated carbocycles. The first-order chi connectivity index (χ1) is 7.93. The fraction of sp³-hybridized carbons (Fsp3) is 0. The van der Waals surface area contributed by atoms with Crippen LogP contribution in [-0.4, -0.2) is 13.0 Å². The second-order valence-electron chi connectivity index (χ2n) is 3.35. The van der Waals surface area contributed by atoms with E-state index in [-0.39, 0.29) is 11.1 Å². The van der Waals surface area contributed by atoms with E-state index >= 15 is 0 Å². The summed E-state index contributed by atoms with van der Waals surface area (Å²) in [7, 11) is -4.55. The Morgan fingerprint density at radius 2 is 1.88 bits per heavy atom. The molecule has 0 aromatic heterocycles. The molecule has 6 nitrogen and oxygen atoms in total. The monoisotopic (exact) mass is 249 g/mol. The third kappa shape index (κ3) is 1.91. The van der Waals surface area contributed by atoms with Crippen molar-refractivity contribution in [2.45, 2.75) is 4.90 Å². The fourth-order valence-corrected chi connectivity index (χ4v) is 2.01. The predicted molar refractivity (Wildman–Crippen MR) is 56.1 cm³/mol. The highest BCUT2D eigenvalue weighted by molar-refractivity contribution is 7.85. The van der Waals surface area contributed by atoms with E-state index in [1.54, 1.807) is 0 Å². The van der Waals surface area contributed by atoms with Crippen molar-refractivity contribution in [2.24, 2.45) is 0 Å². The summed E-state index contributed by atoms with van der Waals surface area (Å²) in [6.45, 7) is 0. The standard InChI is InChI=1S/C10H6N2O4S/c11-12-9-4-1-6-5-7(17(14,15)16)2-3-8(6)10(9)13/h1-5H,(H-,13,14,15,16)/p-1. The number of hydrogen-bond donors (Lipinski definition) is 0. The summed E-state index contributed by atoms with van der Waals surface area (Å²) >= 11 is 0. The van der Waals surface area contributed by atoms with Crippen LogP contribution >= 0.6 is 0 Å². The first kappa shape index (κ1) is 11.3. The van der Waals surface area contributed by atoms with Gasteiger partial charge in [0, 0.05) is 6.07 Å². The van der Waals surface area contributed by atoms with Gasteiger partial charge in [-0.15, -0.1) is 0 Å². The molecular weight excluding hydrogens is 244 g/mol. The molecule has 2 rings (SSSR count). The lowest BCUT2D eigenvalue weighted by Crippen LogP contribution is -1.99. The zero-order valence-corrected chi connectivity index (χ0v) is 9.14. The van der Waals surface area contributed by atoms with Crippen molar-refractivity contribution in [3.05, 3.63) is 35.3 Å². The Balaban J connectivity index is 2.80. The summed E-state index contributed by atoms with van der Waals surface area (Å²) in [4.78, 5) is 2.39. The molecule has 0 spiro atoms. The molecule has 0 radical (unpaired) electrons. The van der Waals surface area contributed by atoms with Crippen LogP contribution in [0.3, 0.4) is 0 Å². The lowest BCUT2D eigenvalue weighted by Gasteiger charge is -2.10. The number of fused-ring (bicyclic) bond motifs is 1. The molecule has 0 saturated heterocycles. The molecule has 0 fully saturated rings. The number of benzene rings is 2. The number of hydrogen-bond acceptors (Lipinski definition) is 5. The summed E-state index contributed by atoms with van der Waals surface area (Å²) in [6.07, 6.45) is 0. The van der Waals surface area contributed by atoms with Crippen molar-refractivity contribution in [1.82, 2.24) is 0 Å². The van der Waals surface area contributed by atoms with Gasteiger partial charge in [-0.1, -0.05) is 6.07 Å². The van der Waals surface area contributed by atoms with Gasteiger partial charge in [0.1, 0.15) is 10.1 Å². The van der Waals surface area contributed by atoms with E-state index in [1.165, 1.54) is 18.2 Å². The molecule has 0 unspecified atom stereocenters. The lowest BCUT2D eigenvalue weighted by molar-refractivity contribution is -0.264. The first-order valence-electron chi connectivity index (χ1n) is 4.48. The van der Waals surface area contributed by atoms with Crippen LogP contribution < -0.4 is 5.11 Å². The maximum atomic E-state index is 11.6. The van der Waals surface area contributed by atoms with E-state index in [2.05, 4.69) is 4.98 Å². The quantitative estimate of drug-likeness (QED) is 0.559. The van der Waals surface area contributed by atoms with Crippen molar-refractivity contribution >= 4 is 26.6 Å². The second kappa shape index (κ2) is 3.69. The number of nitrogens with zero attached hydrogens (tertiary/aromatic N) is 2. The van der Waals surface area contributed by atoms with Crippen molar-refractivity contribution in [3.63, 3.8) is 0 Å². The van der Waals surface area contributed by atoms with Crippen molar-refractivity contribution in [3.8, 4) is 5.75 Å². The molecule has 0 amide bonds. The van der Waals surface area contributed by atoms with Crippen LogP contribution in [-0.2, 0) is 10.1 Å². The summed E-state index contributed by atoms with van der Waals surface area (Å²) in [5.41, 5.74) is -0.143. The number of diazo groups is 1. The van der Waals surface area contributed by atoms with Crippen LogP contribution in [0.5, 0.6) is 5.75 Å². The third-order valence-corrected chi connectivity index (χ3v) is 3.15. The highest BCUT2D eigenvalue weighted by Gasteiger charge is 2.10. The van der Waals surface area contributed by atoms with Gasteiger partial charge in [-0.3, -0.25) is 0 Å². The van der Waals surface area contributed by atoms with Gasteiger partial charge >= 0.3 is 5.69 Å². The maximum absolute atomic E-state index is 11.6. The third-order valence-electron chi connectivity index (χ3n) is 2.32. The van der Waals surface area contributed by atoms with Crippen molar-refractivity contribution in [2.75, 3.05) is 0 Å². The minimum atomic E-state index is -4.55. The van der Waals surface area contributed by atoms with E-state index in [1.807, 2.05) is 0 Å². The molecule has 86 valence electrons. The average Bonchev–Trinajstić information content (AvgIpc) is 2.28. The van der Waals surface area contributed by atoms with Crippen molar-refractivity contribution < 1.29 is 18.1 Å². The Kier molecular flexibility index (Phi) is 2.46. The Morgan fingerprint density at radius 3 is 2.47 bits per heavy atom. The highest BCUT2D eigenvalue weighted by Crippen LogP contribution is 2.33. The van der Waals surface area contributed by atoms with Gasteiger partial charge in [-0.05, 0) is 34.7 Å². The molecular formula is C10H5N2O4S-. The van der Waals surface area contributed by atoms with Crippen LogP contribution in [0.2, 0.25) is 0 Å². The predicted octanol–water partition coefficient (Wildman–Crippen LogP) is 1.30. The van der Waals surface area contributed by atoms with E-state index in [0.29, 0.717) is 5.39 Å². The topological polar surface area (TPSA) is 108 Å². The molecule has 7 heteroatoms. The Labute approximate surface area is 96.5 Å². The van der Waals surface area contributed by atoms with Crippen LogP contribution in [0.4, 0.5) is 5.69 Å². The molecule has 17 heavy (non-hydrogen) atoms. The largest absolute Gasteiger partial charge is 0.867 e. The lowest BCUT2D eigenvalue weighted by atomic mass is 10.1. The second-order valence-corrected chi connectivity index (χ2v) is 4.73. The fourth-order valence-electron chi connectivity index (χ4n) is 1.50. The summed E-state index contributed by atoms with van der Waals surface area (Å²) in [5, 5.41) is 20.7. The highest BCUT2D eigenvalue weighted by atomic mass is 32.2. The summed E-state index contributed by atoms with van der Waals surface area (Å²) < 4.78 is 32.4. The Morgan fingerprint density at radius 1 is 1.18 bits per heavy atom. The SMILES string of the molecule is N#[N+]c1ccc2cc(S(=O)(=O)[O-])ccc2c1[O-]. The van der Waals surface area contributed by atoms with E-state index in [4.69, 9.17) is 5.39 Å². The van der Waals surface area contributed by atoms with Gasteiger partial charge in [0.15, 0.2) is 4.98 Å².